The summed E-state index contributed by atoms with van der Waals surface area (Å²) < 4.78 is 0. The lowest BCUT2D eigenvalue weighted by Gasteiger charge is -2.20. The van der Waals surface area contributed by atoms with E-state index in [1.807, 2.05) is 0 Å². The highest BCUT2D eigenvalue weighted by molar-refractivity contribution is 5.27. The molecule has 0 unspecified atom stereocenters. The minimum atomic E-state index is 0.653. The summed E-state index contributed by atoms with van der Waals surface area (Å²) in [5, 5.41) is 0. The molecule has 1 radical (unpaired) electrons. The van der Waals surface area contributed by atoms with Gasteiger partial charge < -0.3 is 0 Å². The summed E-state index contributed by atoms with van der Waals surface area (Å²) in [6, 6.07) is 0. The Balaban J connectivity index is 1.99. The van der Waals surface area contributed by atoms with Gasteiger partial charge in [0.25, 0.3) is 0 Å². The highest BCUT2D eigenvalue weighted by Gasteiger charge is 2.18. The van der Waals surface area contributed by atoms with Crippen LogP contribution in [0.1, 0.15) is 19.3 Å². The average molecular weight is 145 g/mol. The molecule has 0 heteroatoms. The van der Waals surface area contributed by atoms with Crippen LogP contribution in [0.15, 0.2) is 36.5 Å². The fraction of sp³-hybridized carbons (Fsp3) is 0.364. The molecule has 0 spiro atoms. The summed E-state index contributed by atoms with van der Waals surface area (Å²) in [6.07, 6.45) is 17.2. The zero-order valence-corrected chi connectivity index (χ0v) is 6.66. The zero-order chi connectivity index (χ0) is 7.52. The molecule has 0 amide bonds. The number of hydrogen-bond acceptors (Lipinski definition) is 0. The van der Waals surface area contributed by atoms with E-state index in [1.165, 1.54) is 19.3 Å². The number of allylic oxidation sites excluding steroid dienone is 6. The van der Waals surface area contributed by atoms with Crippen molar-refractivity contribution < 1.29 is 0 Å². The molecule has 0 aromatic heterocycles. The third-order valence-electron chi connectivity index (χ3n) is 2.40. The second-order valence-corrected chi connectivity index (χ2v) is 3.17. The van der Waals surface area contributed by atoms with Crippen molar-refractivity contribution in [1.82, 2.24) is 0 Å². The van der Waals surface area contributed by atoms with E-state index in [4.69, 9.17) is 0 Å². The standard InChI is InChI=1S/C11H13/c1-2-6-10(7-3-1)11-8-4-5-9-11/h1-2,4-5,8-9,11H,3,6-7H2. The molecule has 0 aromatic carbocycles. The van der Waals surface area contributed by atoms with Crippen molar-refractivity contribution in [2.75, 3.05) is 0 Å². The maximum Gasteiger partial charge on any atom is 0.00181 e. The van der Waals surface area contributed by atoms with Crippen LogP contribution in [0.3, 0.4) is 0 Å². The van der Waals surface area contributed by atoms with Crippen LogP contribution in [0.5, 0.6) is 0 Å². The topological polar surface area (TPSA) is 0 Å². The Morgan fingerprint density at radius 3 is 2.55 bits per heavy atom. The van der Waals surface area contributed by atoms with Crippen molar-refractivity contribution >= 4 is 0 Å². The number of rotatable bonds is 1. The third-order valence-corrected chi connectivity index (χ3v) is 2.40. The maximum atomic E-state index is 2.29. The molecule has 0 fully saturated rings. The van der Waals surface area contributed by atoms with Crippen LogP contribution in [-0.4, -0.2) is 0 Å². The lowest BCUT2D eigenvalue weighted by atomic mass is 9.84. The van der Waals surface area contributed by atoms with Gasteiger partial charge in [-0.25, -0.2) is 0 Å². The summed E-state index contributed by atoms with van der Waals surface area (Å²) in [6.45, 7) is 0. The van der Waals surface area contributed by atoms with Gasteiger partial charge in [-0.2, -0.15) is 0 Å². The van der Waals surface area contributed by atoms with Gasteiger partial charge in [0, 0.05) is 5.92 Å². The smallest absolute Gasteiger partial charge is 0.00181 e. The molecule has 0 saturated carbocycles. The fourth-order valence-corrected chi connectivity index (χ4v) is 1.73. The second kappa shape index (κ2) is 3.08. The summed E-state index contributed by atoms with van der Waals surface area (Å²) in [7, 11) is 0. The molecule has 0 heterocycles. The van der Waals surface area contributed by atoms with Crippen molar-refractivity contribution in [3.05, 3.63) is 42.4 Å². The fourth-order valence-electron chi connectivity index (χ4n) is 1.73. The lowest BCUT2D eigenvalue weighted by Crippen LogP contribution is -2.08. The van der Waals surface area contributed by atoms with Gasteiger partial charge in [0.2, 0.25) is 0 Å². The molecule has 11 heavy (non-hydrogen) atoms. The highest BCUT2D eigenvalue weighted by Crippen LogP contribution is 2.31. The molecule has 0 aliphatic heterocycles. The van der Waals surface area contributed by atoms with Gasteiger partial charge in [-0.1, -0.05) is 36.5 Å². The first-order valence-corrected chi connectivity index (χ1v) is 4.31. The van der Waals surface area contributed by atoms with Gasteiger partial charge in [0.1, 0.15) is 0 Å². The van der Waals surface area contributed by atoms with Gasteiger partial charge >= 0.3 is 0 Å². The normalized spacial score (nSPS) is 25.1. The van der Waals surface area contributed by atoms with E-state index in [2.05, 4.69) is 36.5 Å². The van der Waals surface area contributed by atoms with E-state index in [-0.39, 0.29) is 0 Å². The molecule has 0 nitrogen and oxygen atoms in total. The SMILES string of the molecule is C1=CC([C]2CC=CCC2)C=C1. The molecule has 2 aliphatic carbocycles. The van der Waals surface area contributed by atoms with Crippen molar-refractivity contribution in [3.8, 4) is 0 Å². The van der Waals surface area contributed by atoms with Crippen LogP contribution in [0.4, 0.5) is 0 Å². The molecule has 0 saturated heterocycles. The summed E-state index contributed by atoms with van der Waals surface area (Å²) >= 11 is 0. The second-order valence-electron chi connectivity index (χ2n) is 3.17. The van der Waals surface area contributed by atoms with E-state index in [9.17, 15) is 0 Å². The van der Waals surface area contributed by atoms with Crippen LogP contribution in [-0.2, 0) is 0 Å². The zero-order valence-electron chi connectivity index (χ0n) is 6.66. The van der Waals surface area contributed by atoms with Crippen molar-refractivity contribution in [1.29, 1.82) is 0 Å². The van der Waals surface area contributed by atoms with E-state index < -0.39 is 0 Å². The van der Waals surface area contributed by atoms with E-state index in [1.54, 1.807) is 5.92 Å². The van der Waals surface area contributed by atoms with Crippen molar-refractivity contribution in [2.45, 2.75) is 19.3 Å². The quantitative estimate of drug-likeness (QED) is 0.497. The Bertz CT molecular complexity index is 196. The Hall–Kier alpha value is -0.780. The van der Waals surface area contributed by atoms with Crippen LogP contribution in [0.25, 0.3) is 0 Å². The first kappa shape index (κ1) is 6.90. The average Bonchev–Trinajstić information content (AvgIpc) is 2.58. The molecular formula is C11H13. The number of hydrogen-bond donors (Lipinski definition) is 0. The summed E-state index contributed by atoms with van der Waals surface area (Å²) in [4.78, 5) is 0. The Labute approximate surface area is 68.3 Å². The monoisotopic (exact) mass is 145 g/mol. The molecule has 0 atom stereocenters. The highest BCUT2D eigenvalue weighted by atomic mass is 14.2. The van der Waals surface area contributed by atoms with Crippen molar-refractivity contribution in [2.24, 2.45) is 5.92 Å². The third kappa shape index (κ3) is 1.45. The molecule has 0 bridgehead atoms. The lowest BCUT2D eigenvalue weighted by molar-refractivity contribution is 0.661. The van der Waals surface area contributed by atoms with Gasteiger partial charge in [-0.15, -0.1) is 0 Å². The Morgan fingerprint density at radius 1 is 1.09 bits per heavy atom. The van der Waals surface area contributed by atoms with E-state index >= 15 is 0 Å². The van der Waals surface area contributed by atoms with E-state index in [0.29, 0.717) is 5.92 Å². The summed E-state index contributed by atoms with van der Waals surface area (Å²) in [5.74, 6) is 2.33. The van der Waals surface area contributed by atoms with E-state index in [0.717, 1.165) is 0 Å². The van der Waals surface area contributed by atoms with Crippen LogP contribution in [0, 0.1) is 11.8 Å². The molecule has 0 N–H and O–H groups in total. The van der Waals surface area contributed by atoms with Crippen LogP contribution in [0.2, 0.25) is 0 Å². The maximum absolute atomic E-state index is 2.29. The predicted octanol–water partition coefficient (Wildman–Crippen LogP) is 3.04. The van der Waals surface area contributed by atoms with Crippen LogP contribution >= 0.6 is 0 Å². The molecular weight excluding hydrogens is 132 g/mol. The molecule has 0 aromatic rings. The molecule has 2 aliphatic rings. The Morgan fingerprint density at radius 2 is 1.91 bits per heavy atom. The first-order valence-electron chi connectivity index (χ1n) is 4.31. The summed E-state index contributed by atoms with van der Waals surface area (Å²) in [5.41, 5.74) is 0. The predicted molar refractivity (Wildman–Crippen MR) is 48.0 cm³/mol. The van der Waals surface area contributed by atoms with Crippen molar-refractivity contribution in [3.63, 3.8) is 0 Å². The molecule has 2 rings (SSSR count). The van der Waals surface area contributed by atoms with Gasteiger partial charge in [-0.3, -0.25) is 0 Å². The molecule has 57 valence electrons. The van der Waals surface area contributed by atoms with Gasteiger partial charge in [-0.05, 0) is 25.2 Å². The first-order chi connectivity index (χ1) is 5.47. The van der Waals surface area contributed by atoms with Crippen LogP contribution < -0.4 is 0 Å². The largest absolute Gasteiger partial charge is 0.0885 e. The van der Waals surface area contributed by atoms with Gasteiger partial charge in [0.05, 0.1) is 0 Å². The Kier molecular flexibility index (Phi) is 1.93. The minimum Gasteiger partial charge on any atom is -0.0885 e. The van der Waals surface area contributed by atoms with Gasteiger partial charge in [0.15, 0.2) is 0 Å². The minimum absolute atomic E-state index is 0.653.